The molecular formula is C20H23NO2S. The van der Waals surface area contributed by atoms with Crippen LogP contribution in [0.5, 0.6) is 0 Å². The van der Waals surface area contributed by atoms with Crippen molar-refractivity contribution in [3.05, 3.63) is 71.4 Å². The van der Waals surface area contributed by atoms with Crippen LogP contribution >= 0.6 is 0 Å². The van der Waals surface area contributed by atoms with Gasteiger partial charge in [0.1, 0.15) is 0 Å². The molecule has 0 saturated carbocycles. The van der Waals surface area contributed by atoms with Crippen molar-refractivity contribution in [1.29, 1.82) is 0 Å². The van der Waals surface area contributed by atoms with Crippen molar-refractivity contribution < 1.29 is 8.42 Å². The molecule has 3 rings (SSSR count). The minimum atomic E-state index is -3.51. The number of piperidine rings is 1. The van der Waals surface area contributed by atoms with Crippen LogP contribution in [0.1, 0.15) is 37.3 Å². The maximum absolute atomic E-state index is 13.1. The summed E-state index contributed by atoms with van der Waals surface area (Å²) in [5, 5.41) is 0. The average molecular weight is 341 g/mol. The van der Waals surface area contributed by atoms with E-state index in [9.17, 15) is 8.42 Å². The fourth-order valence-electron chi connectivity index (χ4n) is 3.14. The number of benzene rings is 2. The zero-order chi connectivity index (χ0) is 17.2. The Bertz CT molecular complexity index is 837. The molecule has 0 aromatic heterocycles. The number of sulfonamides is 1. The summed E-state index contributed by atoms with van der Waals surface area (Å²) in [6, 6.07) is 17.1. The van der Waals surface area contributed by atoms with Crippen LogP contribution in [0, 0.1) is 6.92 Å². The Morgan fingerprint density at radius 3 is 2.29 bits per heavy atom. The lowest BCUT2D eigenvalue weighted by Crippen LogP contribution is -2.34. The summed E-state index contributed by atoms with van der Waals surface area (Å²) in [7, 11) is -3.51. The van der Waals surface area contributed by atoms with Gasteiger partial charge < -0.3 is 0 Å². The van der Waals surface area contributed by atoms with Gasteiger partial charge >= 0.3 is 0 Å². The van der Waals surface area contributed by atoms with Gasteiger partial charge in [-0.2, -0.15) is 0 Å². The summed E-state index contributed by atoms with van der Waals surface area (Å²) in [6.45, 7) is 4.53. The molecule has 0 atom stereocenters. The molecule has 126 valence electrons. The zero-order valence-corrected chi connectivity index (χ0v) is 15.0. The number of allylic oxidation sites excluding steroid dienone is 2. The molecule has 0 amide bonds. The smallest absolute Gasteiger partial charge is 0.264 e. The number of hydrogen-bond acceptors (Lipinski definition) is 2. The van der Waals surface area contributed by atoms with Crippen LogP contribution in [-0.4, -0.2) is 19.3 Å². The van der Waals surface area contributed by atoms with Crippen molar-refractivity contribution >= 4 is 15.6 Å². The first-order valence-corrected chi connectivity index (χ1v) is 9.79. The van der Waals surface area contributed by atoms with E-state index in [1.165, 1.54) is 0 Å². The lowest BCUT2D eigenvalue weighted by molar-refractivity contribution is 0.409. The highest BCUT2D eigenvalue weighted by molar-refractivity contribution is 7.89. The molecule has 0 spiro atoms. The van der Waals surface area contributed by atoms with E-state index in [0.29, 0.717) is 11.4 Å². The van der Waals surface area contributed by atoms with Crippen molar-refractivity contribution in [3.8, 4) is 0 Å². The van der Waals surface area contributed by atoms with Crippen LogP contribution in [0.2, 0.25) is 0 Å². The molecule has 3 nitrogen and oxygen atoms in total. The molecule has 0 bridgehead atoms. The lowest BCUT2D eigenvalue weighted by atomic mass is 10.00. The molecule has 1 saturated heterocycles. The first-order valence-electron chi connectivity index (χ1n) is 8.35. The molecule has 0 aliphatic carbocycles. The largest absolute Gasteiger partial charge is 0.270 e. The summed E-state index contributed by atoms with van der Waals surface area (Å²) in [5.74, 6) is 0. The van der Waals surface area contributed by atoms with Gasteiger partial charge in [0.15, 0.2) is 0 Å². The fraction of sp³-hybridized carbons (Fsp3) is 0.300. The summed E-state index contributed by atoms with van der Waals surface area (Å²) in [5.41, 5.74) is 4.11. The molecule has 24 heavy (non-hydrogen) atoms. The third-order valence-corrected chi connectivity index (χ3v) is 6.43. The monoisotopic (exact) mass is 341 g/mol. The molecule has 0 N–H and O–H groups in total. The van der Waals surface area contributed by atoms with E-state index in [0.717, 1.165) is 41.7 Å². The quantitative estimate of drug-likeness (QED) is 0.818. The SMILES string of the molecule is C/C(=C1/CCCCN1S(=O)(=O)c1ccc(C)cc1)c1ccccc1. The molecule has 1 heterocycles. The molecule has 1 aliphatic heterocycles. The molecule has 1 fully saturated rings. The second-order valence-corrected chi connectivity index (χ2v) is 8.15. The van der Waals surface area contributed by atoms with Gasteiger partial charge in [-0.3, -0.25) is 4.31 Å². The van der Waals surface area contributed by atoms with Gasteiger partial charge in [0.05, 0.1) is 4.90 Å². The van der Waals surface area contributed by atoms with E-state index in [1.807, 2.05) is 56.3 Å². The third kappa shape index (κ3) is 3.24. The Morgan fingerprint density at radius 1 is 0.958 bits per heavy atom. The maximum atomic E-state index is 13.1. The number of aryl methyl sites for hydroxylation is 1. The molecule has 0 radical (unpaired) electrons. The number of rotatable bonds is 3. The first kappa shape index (κ1) is 16.8. The van der Waals surface area contributed by atoms with Crippen LogP contribution in [-0.2, 0) is 10.0 Å². The van der Waals surface area contributed by atoms with E-state index in [2.05, 4.69) is 0 Å². The van der Waals surface area contributed by atoms with Gasteiger partial charge in [0.2, 0.25) is 0 Å². The van der Waals surface area contributed by atoms with E-state index in [1.54, 1.807) is 16.4 Å². The van der Waals surface area contributed by atoms with Gasteiger partial charge in [-0.15, -0.1) is 0 Å². The summed E-state index contributed by atoms with van der Waals surface area (Å²) in [4.78, 5) is 0.369. The summed E-state index contributed by atoms with van der Waals surface area (Å²) >= 11 is 0. The number of hydrogen-bond donors (Lipinski definition) is 0. The van der Waals surface area contributed by atoms with Gasteiger partial charge in [-0.05, 0) is 56.4 Å². The van der Waals surface area contributed by atoms with E-state index < -0.39 is 10.0 Å². The molecule has 2 aromatic carbocycles. The molecule has 4 heteroatoms. The molecule has 0 unspecified atom stereocenters. The minimum Gasteiger partial charge on any atom is -0.270 e. The standard InChI is InChI=1S/C20H23NO2S/c1-16-11-13-19(14-12-16)24(22,23)21-15-7-6-10-20(21)17(2)18-8-4-3-5-9-18/h3-5,8-9,11-14H,6-7,10,15H2,1-2H3/b20-17+. The maximum Gasteiger partial charge on any atom is 0.264 e. The zero-order valence-electron chi connectivity index (χ0n) is 14.2. The first-order chi connectivity index (χ1) is 11.5. The van der Waals surface area contributed by atoms with Crippen molar-refractivity contribution in [1.82, 2.24) is 4.31 Å². The molecule has 2 aromatic rings. The second-order valence-electron chi connectivity index (χ2n) is 6.29. The van der Waals surface area contributed by atoms with Crippen LogP contribution in [0.25, 0.3) is 5.57 Å². The average Bonchev–Trinajstić information content (AvgIpc) is 2.62. The van der Waals surface area contributed by atoms with E-state index in [4.69, 9.17) is 0 Å². The van der Waals surface area contributed by atoms with Crippen molar-refractivity contribution in [2.45, 2.75) is 38.0 Å². The Kier molecular flexibility index (Phi) is 4.76. The topological polar surface area (TPSA) is 37.4 Å². The Hall–Kier alpha value is -2.07. The van der Waals surface area contributed by atoms with Gasteiger partial charge in [0, 0.05) is 12.2 Å². The van der Waals surface area contributed by atoms with Gasteiger partial charge in [0.25, 0.3) is 10.0 Å². The van der Waals surface area contributed by atoms with Gasteiger partial charge in [-0.1, -0.05) is 48.0 Å². The van der Waals surface area contributed by atoms with Gasteiger partial charge in [-0.25, -0.2) is 8.42 Å². The fourth-order valence-corrected chi connectivity index (χ4v) is 4.76. The highest BCUT2D eigenvalue weighted by Gasteiger charge is 2.29. The highest BCUT2D eigenvalue weighted by atomic mass is 32.2. The Labute approximate surface area is 144 Å². The summed E-state index contributed by atoms with van der Waals surface area (Å²) < 4.78 is 27.9. The van der Waals surface area contributed by atoms with E-state index in [-0.39, 0.29) is 0 Å². The highest BCUT2D eigenvalue weighted by Crippen LogP contribution is 2.33. The van der Waals surface area contributed by atoms with Crippen LogP contribution in [0.4, 0.5) is 0 Å². The minimum absolute atomic E-state index is 0.369. The van der Waals surface area contributed by atoms with Crippen molar-refractivity contribution in [2.75, 3.05) is 6.54 Å². The molecule has 1 aliphatic rings. The van der Waals surface area contributed by atoms with Crippen molar-refractivity contribution in [2.24, 2.45) is 0 Å². The third-order valence-electron chi connectivity index (χ3n) is 4.57. The second kappa shape index (κ2) is 6.81. The Morgan fingerprint density at radius 2 is 1.62 bits per heavy atom. The van der Waals surface area contributed by atoms with Crippen LogP contribution in [0.15, 0.2) is 65.2 Å². The molecular weight excluding hydrogens is 318 g/mol. The van der Waals surface area contributed by atoms with Crippen molar-refractivity contribution in [3.63, 3.8) is 0 Å². The number of nitrogens with zero attached hydrogens (tertiary/aromatic N) is 1. The van der Waals surface area contributed by atoms with Crippen LogP contribution < -0.4 is 0 Å². The van der Waals surface area contributed by atoms with Crippen LogP contribution in [0.3, 0.4) is 0 Å². The lowest BCUT2D eigenvalue weighted by Gasteiger charge is -2.32. The summed E-state index contributed by atoms with van der Waals surface area (Å²) in [6.07, 6.45) is 2.72. The normalized spacial score (nSPS) is 17.7. The Balaban J connectivity index is 2.05. The predicted molar refractivity (Wildman–Crippen MR) is 98.0 cm³/mol. The predicted octanol–water partition coefficient (Wildman–Crippen LogP) is 4.60. The van der Waals surface area contributed by atoms with E-state index >= 15 is 0 Å².